The monoisotopic (exact) mass is 291 g/mol. The lowest BCUT2D eigenvalue weighted by Gasteiger charge is -2.49. The molecule has 4 nitrogen and oxygen atoms in total. The Morgan fingerprint density at radius 2 is 2.05 bits per heavy atom. The van der Waals surface area contributed by atoms with E-state index in [4.69, 9.17) is 9.47 Å². The number of para-hydroxylation sites is 1. The van der Waals surface area contributed by atoms with Crippen molar-refractivity contribution >= 4 is 11.7 Å². The van der Waals surface area contributed by atoms with Crippen LogP contribution < -0.4 is 9.64 Å². The van der Waals surface area contributed by atoms with Gasteiger partial charge in [0.1, 0.15) is 11.8 Å². The third-order valence-electron chi connectivity index (χ3n) is 4.41. The summed E-state index contributed by atoms with van der Waals surface area (Å²) in [6.45, 7) is 8.44. The van der Waals surface area contributed by atoms with E-state index in [-0.39, 0.29) is 17.6 Å². The van der Waals surface area contributed by atoms with Crippen molar-refractivity contribution in [2.75, 3.05) is 19.1 Å². The third kappa shape index (κ3) is 2.59. The number of hydrogen-bond acceptors (Lipinski definition) is 4. The summed E-state index contributed by atoms with van der Waals surface area (Å²) in [5.41, 5.74) is 2.10. The summed E-state index contributed by atoms with van der Waals surface area (Å²) < 4.78 is 10.5. The number of benzene rings is 1. The summed E-state index contributed by atoms with van der Waals surface area (Å²) in [5.74, 6) is 1.00. The molecule has 2 unspecified atom stereocenters. The molecule has 4 heteroatoms. The summed E-state index contributed by atoms with van der Waals surface area (Å²) in [4.78, 5) is 14.2. The number of methoxy groups -OCH3 is 2. The standard InChI is InChI=1S/C17H25NO3/c1-11-10-17(3,4)18(12(2)16(19)21-6)15-13(11)8-7-9-14(15)20-5/h7-9,11-12H,10H2,1-6H3. The molecule has 2 atom stereocenters. The first-order chi connectivity index (χ1) is 9.83. The molecule has 0 bridgehead atoms. The fourth-order valence-electron chi connectivity index (χ4n) is 3.61. The van der Waals surface area contributed by atoms with Gasteiger partial charge in [-0.3, -0.25) is 0 Å². The lowest BCUT2D eigenvalue weighted by Crippen LogP contribution is -2.55. The second kappa shape index (κ2) is 5.58. The van der Waals surface area contributed by atoms with Crippen molar-refractivity contribution < 1.29 is 14.3 Å². The van der Waals surface area contributed by atoms with E-state index < -0.39 is 0 Å². The minimum Gasteiger partial charge on any atom is -0.495 e. The first kappa shape index (κ1) is 15.7. The zero-order valence-corrected chi connectivity index (χ0v) is 13.8. The lowest BCUT2D eigenvalue weighted by atomic mass is 9.79. The van der Waals surface area contributed by atoms with Crippen LogP contribution in [0.2, 0.25) is 0 Å². The highest BCUT2D eigenvalue weighted by Gasteiger charge is 2.42. The van der Waals surface area contributed by atoms with Crippen LogP contribution in [0.5, 0.6) is 5.75 Å². The fourth-order valence-corrected chi connectivity index (χ4v) is 3.61. The van der Waals surface area contributed by atoms with Gasteiger partial charge in [-0.2, -0.15) is 0 Å². The van der Waals surface area contributed by atoms with Crippen molar-refractivity contribution in [3.8, 4) is 5.75 Å². The zero-order chi connectivity index (χ0) is 15.8. The maximum atomic E-state index is 12.1. The number of carbonyl (C=O) groups is 1. The molecule has 1 aromatic carbocycles. The Morgan fingerprint density at radius 1 is 1.38 bits per heavy atom. The average Bonchev–Trinajstić information content (AvgIpc) is 2.44. The maximum absolute atomic E-state index is 12.1. The van der Waals surface area contributed by atoms with E-state index in [0.717, 1.165) is 17.9 Å². The van der Waals surface area contributed by atoms with Crippen molar-refractivity contribution in [1.29, 1.82) is 0 Å². The molecule has 116 valence electrons. The average molecular weight is 291 g/mol. The molecule has 0 spiro atoms. The topological polar surface area (TPSA) is 38.8 Å². The van der Waals surface area contributed by atoms with Gasteiger partial charge < -0.3 is 14.4 Å². The second-order valence-corrected chi connectivity index (χ2v) is 6.38. The van der Waals surface area contributed by atoms with Gasteiger partial charge in [0, 0.05) is 5.54 Å². The summed E-state index contributed by atoms with van der Waals surface area (Å²) in [6.07, 6.45) is 0.981. The van der Waals surface area contributed by atoms with Crippen LogP contribution in [-0.2, 0) is 9.53 Å². The summed E-state index contributed by atoms with van der Waals surface area (Å²) >= 11 is 0. The van der Waals surface area contributed by atoms with Gasteiger partial charge in [0.25, 0.3) is 0 Å². The fraction of sp³-hybridized carbons (Fsp3) is 0.588. The number of carbonyl (C=O) groups excluding carboxylic acids is 1. The van der Waals surface area contributed by atoms with Crippen LogP contribution in [0.3, 0.4) is 0 Å². The van der Waals surface area contributed by atoms with E-state index in [0.29, 0.717) is 5.92 Å². The second-order valence-electron chi connectivity index (χ2n) is 6.38. The van der Waals surface area contributed by atoms with Crippen LogP contribution in [-0.4, -0.2) is 31.8 Å². The van der Waals surface area contributed by atoms with E-state index in [1.165, 1.54) is 12.7 Å². The van der Waals surface area contributed by atoms with Gasteiger partial charge >= 0.3 is 5.97 Å². The smallest absolute Gasteiger partial charge is 0.328 e. The predicted molar refractivity (Wildman–Crippen MR) is 84.1 cm³/mol. The van der Waals surface area contributed by atoms with Crippen molar-refractivity contribution in [3.05, 3.63) is 23.8 Å². The highest BCUT2D eigenvalue weighted by atomic mass is 16.5. The van der Waals surface area contributed by atoms with E-state index in [1.807, 2.05) is 19.1 Å². The molecule has 0 N–H and O–H groups in total. The van der Waals surface area contributed by atoms with Crippen molar-refractivity contribution in [2.24, 2.45) is 0 Å². The number of rotatable bonds is 3. The number of nitrogens with zero attached hydrogens (tertiary/aromatic N) is 1. The Kier molecular flexibility index (Phi) is 4.17. The Labute approximate surface area is 127 Å². The van der Waals surface area contributed by atoms with E-state index in [2.05, 4.69) is 31.7 Å². The molecule has 0 amide bonds. The number of hydrogen-bond donors (Lipinski definition) is 0. The van der Waals surface area contributed by atoms with Crippen LogP contribution in [0.4, 0.5) is 5.69 Å². The molecule has 0 aliphatic carbocycles. The first-order valence-corrected chi connectivity index (χ1v) is 7.37. The summed E-state index contributed by atoms with van der Waals surface area (Å²) in [7, 11) is 3.10. The molecule has 21 heavy (non-hydrogen) atoms. The number of fused-ring (bicyclic) bond motifs is 1. The normalized spacial score (nSPS) is 21.4. The molecular formula is C17H25NO3. The highest BCUT2D eigenvalue weighted by molar-refractivity contribution is 5.83. The Balaban J connectivity index is 2.63. The molecule has 0 fully saturated rings. The number of ether oxygens (including phenoxy) is 2. The number of anilines is 1. The predicted octanol–water partition coefficient (Wildman–Crippen LogP) is 3.35. The van der Waals surface area contributed by atoms with Crippen molar-refractivity contribution in [2.45, 2.75) is 51.6 Å². The molecule has 1 aromatic rings. The van der Waals surface area contributed by atoms with Crippen molar-refractivity contribution in [3.63, 3.8) is 0 Å². The van der Waals surface area contributed by atoms with Crippen LogP contribution in [0, 0.1) is 0 Å². The zero-order valence-electron chi connectivity index (χ0n) is 13.8. The molecule has 0 saturated carbocycles. The first-order valence-electron chi connectivity index (χ1n) is 7.37. The Bertz CT molecular complexity index is 539. The van der Waals surface area contributed by atoms with E-state index >= 15 is 0 Å². The van der Waals surface area contributed by atoms with Crippen LogP contribution in [0.15, 0.2) is 18.2 Å². The molecule has 0 aromatic heterocycles. The Morgan fingerprint density at radius 3 is 2.62 bits per heavy atom. The lowest BCUT2D eigenvalue weighted by molar-refractivity contribution is -0.142. The van der Waals surface area contributed by atoms with Gasteiger partial charge in [0.15, 0.2) is 0 Å². The number of esters is 1. The minimum atomic E-state index is -0.354. The van der Waals surface area contributed by atoms with Gasteiger partial charge in [-0.25, -0.2) is 4.79 Å². The molecule has 1 heterocycles. The quantitative estimate of drug-likeness (QED) is 0.801. The summed E-state index contributed by atoms with van der Waals surface area (Å²) in [5, 5.41) is 0. The van der Waals surface area contributed by atoms with Crippen molar-refractivity contribution in [1.82, 2.24) is 0 Å². The van der Waals surface area contributed by atoms with Gasteiger partial charge in [-0.1, -0.05) is 19.1 Å². The maximum Gasteiger partial charge on any atom is 0.328 e. The minimum absolute atomic E-state index is 0.144. The molecule has 0 saturated heterocycles. The van der Waals surface area contributed by atoms with Gasteiger partial charge in [0.05, 0.1) is 19.9 Å². The largest absolute Gasteiger partial charge is 0.495 e. The molecule has 0 radical (unpaired) electrons. The van der Waals surface area contributed by atoms with Crippen LogP contribution in [0.25, 0.3) is 0 Å². The highest BCUT2D eigenvalue weighted by Crippen LogP contribution is 2.48. The van der Waals surface area contributed by atoms with Gasteiger partial charge in [-0.05, 0) is 44.7 Å². The molecular weight excluding hydrogens is 266 g/mol. The summed E-state index contributed by atoms with van der Waals surface area (Å²) in [6, 6.07) is 5.72. The molecule has 1 aliphatic rings. The Hall–Kier alpha value is -1.71. The molecule has 2 rings (SSSR count). The third-order valence-corrected chi connectivity index (χ3v) is 4.41. The van der Waals surface area contributed by atoms with Crippen LogP contribution in [0.1, 0.15) is 45.6 Å². The van der Waals surface area contributed by atoms with Crippen LogP contribution >= 0.6 is 0 Å². The van der Waals surface area contributed by atoms with E-state index in [1.54, 1.807) is 7.11 Å². The SMILES string of the molecule is COC(=O)C(C)N1c2c(OC)cccc2C(C)CC1(C)C. The molecule has 1 aliphatic heterocycles. The van der Waals surface area contributed by atoms with E-state index in [9.17, 15) is 4.79 Å². The van der Waals surface area contributed by atoms with Gasteiger partial charge in [0.2, 0.25) is 0 Å². The van der Waals surface area contributed by atoms with Gasteiger partial charge in [-0.15, -0.1) is 0 Å².